The van der Waals surface area contributed by atoms with Crippen molar-refractivity contribution in [2.24, 2.45) is 5.92 Å². The summed E-state index contributed by atoms with van der Waals surface area (Å²) in [5.74, 6) is 1.68. The molecule has 0 amide bonds. The van der Waals surface area contributed by atoms with E-state index in [2.05, 4.69) is 21.9 Å². The van der Waals surface area contributed by atoms with Crippen LogP contribution in [-0.4, -0.2) is 59.0 Å². The van der Waals surface area contributed by atoms with Crippen LogP contribution in [0.3, 0.4) is 0 Å². The fourth-order valence-corrected chi connectivity index (χ4v) is 5.88. The molecular formula is C18H27N5O3S. The minimum atomic E-state index is -1.04. The van der Waals surface area contributed by atoms with Gasteiger partial charge < -0.3 is 20.7 Å². The smallest absolute Gasteiger partial charge is 0.167 e. The summed E-state index contributed by atoms with van der Waals surface area (Å²) in [6, 6.07) is 0. The second-order valence-electron chi connectivity index (χ2n) is 7.45. The van der Waals surface area contributed by atoms with E-state index in [0.29, 0.717) is 22.2 Å². The average molecular weight is 394 g/mol. The Balaban J connectivity index is 1.46. The summed E-state index contributed by atoms with van der Waals surface area (Å²) in [6.45, 7) is 2.25. The van der Waals surface area contributed by atoms with Gasteiger partial charge in [0, 0.05) is 11.0 Å². The number of imidazole rings is 1. The number of nitrogen functional groups attached to an aromatic ring is 1. The van der Waals surface area contributed by atoms with Crippen molar-refractivity contribution >= 4 is 28.7 Å². The molecule has 0 spiro atoms. The van der Waals surface area contributed by atoms with Gasteiger partial charge in [0.1, 0.15) is 24.1 Å². The van der Waals surface area contributed by atoms with E-state index in [-0.39, 0.29) is 5.82 Å². The van der Waals surface area contributed by atoms with E-state index in [0.717, 1.165) is 5.92 Å². The van der Waals surface area contributed by atoms with E-state index in [4.69, 9.17) is 10.5 Å². The lowest BCUT2D eigenvalue weighted by atomic mass is 9.87. The van der Waals surface area contributed by atoms with Crippen LogP contribution < -0.4 is 5.73 Å². The Hall–Kier alpha value is -1.42. The van der Waals surface area contributed by atoms with E-state index in [1.165, 1.54) is 44.8 Å². The zero-order valence-electron chi connectivity index (χ0n) is 15.4. The summed E-state index contributed by atoms with van der Waals surface area (Å²) in [5.41, 5.74) is 6.79. The third-order valence-electron chi connectivity index (χ3n) is 5.84. The van der Waals surface area contributed by atoms with Crippen molar-refractivity contribution in [3.63, 3.8) is 0 Å². The van der Waals surface area contributed by atoms with Crippen molar-refractivity contribution in [2.75, 3.05) is 11.5 Å². The van der Waals surface area contributed by atoms with Crippen molar-refractivity contribution in [3.8, 4) is 0 Å². The number of ether oxygens (including phenoxy) is 1. The second-order valence-corrected chi connectivity index (χ2v) is 8.73. The van der Waals surface area contributed by atoms with Gasteiger partial charge in [0.15, 0.2) is 17.7 Å². The molecule has 3 heterocycles. The van der Waals surface area contributed by atoms with Gasteiger partial charge in [0.25, 0.3) is 0 Å². The topological polar surface area (TPSA) is 119 Å². The van der Waals surface area contributed by atoms with Crippen LogP contribution in [-0.2, 0) is 4.74 Å². The summed E-state index contributed by atoms with van der Waals surface area (Å²) in [4.78, 5) is 12.4. The van der Waals surface area contributed by atoms with Crippen LogP contribution in [0.1, 0.15) is 45.3 Å². The highest BCUT2D eigenvalue weighted by molar-refractivity contribution is 7.99. The Morgan fingerprint density at radius 2 is 2.04 bits per heavy atom. The lowest BCUT2D eigenvalue weighted by Gasteiger charge is -2.31. The highest BCUT2D eigenvalue weighted by Crippen LogP contribution is 2.38. The van der Waals surface area contributed by atoms with Gasteiger partial charge in [-0.15, -0.1) is 0 Å². The first-order valence-electron chi connectivity index (χ1n) is 9.66. The largest absolute Gasteiger partial charge is 0.387 e. The molecule has 0 radical (unpaired) electrons. The molecule has 1 saturated heterocycles. The molecule has 9 heteroatoms. The van der Waals surface area contributed by atoms with Gasteiger partial charge in [0.05, 0.1) is 12.4 Å². The Labute approximate surface area is 162 Å². The van der Waals surface area contributed by atoms with E-state index in [1.807, 2.05) is 11.8 Å². The molecule has 0 bridgehead atoms. The number of hydrogen-bond donors (Lipinski definition) is 3. The van der Waals surface area contributed by atoms with E-state index < -0.39 is 24.5 Å². The number of aliphatic hydroxyl groups excluding tert-OH is 2. The van der Waals surface area contributed by atoms with E-state index >= 15 is 0 Å². The first-order valence-corrected chi connectivity index (χ1v) is 10.7. The van der Waals surface area contributed by atoms with Crippen LogP contribution in [0.15, 0.2) is 12.7 Å². The van der Waals surface area contributed by atoms with Gasteiger partial charge in [-0.2, -0.15) is 11.8 Å². The fraction of sp³-hybridized carbons (Fsp3) is 0.722. The molecule has 1 aliphatic heterocycles. The van der Waals surface area contributed by atoms with Crippen LogP contribution in [0.4, 0.5) is 5.82 Å². The zero-order valence-corrected chi connectivity index (χ0v) is 16.3. The minimum Gasteiger partial charge on any atom is -0.387 e. The summed E-state index contributed by atoms with van der Waals surface area (Å²) >= 11 is 1.87. The maximum atomic E-state index is 10.6. The third-order valence-corrected chi connectivity index (χ3v) is 7.41. The Morgan fingerprint density at radius 1 is 1.22 bits per heavy atom. The lowest BCUT2D eigenvalue weighted by Crippen LogP contribution is -2.33. The maximum absolute atomic E-state index is 10.6. The molecule has 148 valence electrons. The number of aliphatic hydroxyl groups is 2. The summed E-state index contributed by atoms with van der Waals surface area (Å²) in [7, 11) is 0. The number of thioether (sulfide) groups is 1. The summed E-state index contributed by atoms with van der Waals surface area (Å²) in [5, 5.41) is 21.7. The van der Waals surface area contributed by atoms with Crippen molar-refractivity contribution in [2.45, 2.75) is 68.8 Å². The van der Waals surface area contributed by atoms with E-state index in [1.54, 1.807) is 4.57 Å². The number of rotatable bonds is 5. The molecular weight excluding hydrogens is 366 g/mol. The number of nitrogens with zero attached hydrogens (tertiary/aromatic N) is 4. The SMILES string of the molecule is CC[C@H]1CCCCC1SC[C@H]1OC(n2cnc3c(N)ncnc32)[C@H](O)[C@@H]1O. The molecule has 4 rings (SSSR count). The van der Waals surface area contributed by atoms with Crippen molar-refractivity contribution < 1.29 is 14.9 Å². The van der Waals surface area contributed by atoms with Crippen molar-refractivity contribution in [3.05, 3.63) is 12.7 Å². The molecule has 27 heavy (non-hydrogen) atoms. The predicted octanol–water partition coefficient (Wildman–Crippen LogP) is 1.73. The number of aromatic nitrogens is 4. The Morgan fingerprint density at radius 3 is 2.85 bits per heavy atom. The Kier molecular flexibility index (Phi) is 5.54. The molecule has 1 aliphatic carbocycles. The average Bonchev–Trinajstić information content (AvgIpc) is 3.23. The van der Waals surface area contributed by atoms with Crippen molar-refractivity contribution in [1.82, 2.24) is 19.5 Å². The molecule has 2 aliphatic rings. The highest BCUT2D eigenvalue weighted by Gasteiger charge is 2.44. The third kappa shape index (κ3) is 3.53. The van der Waals surface area contributed by atoms with Gasteiger partial charge in [-0.1, -0.05) is 26.2 Å². The number of hydrogen-bond acceptors (Lipinski definition) is 8. The van der Waals surface area contributed by atoms with Crippen LogP contribution in [0.5, 0.6) is 0 Å². The van der Waals surface area contributed by atoms with Crippen LogP contribution in [0, 0.1) is 5.92 Å². The van der Waals surface area contributed by atoms with E-state index in [9.17, 15) is 10.2 Å². The predicted molar refractivity (Wildman–Crippen MR) is 104 cm³/mol. The molecule has 2 unspecified atom stereocenters. The van der Waals surface area contributed by atoms with Gasteiger partial charge in [-0.05, 0) is 18.8 Å². The van der Waals surface area contributed by atoms with Gasteiger partial charge in [0.2, 0.25) is 0 Å². The van der Waals surface area contributed by atoms with Gasteiger partial charge in [-0.3, -0.25) is 4.57 Å². The standard InChI is InChI=1S/C18H27N5O3S/c1-2-10-5-3-4-6-12(10)27-7-11-14(24)15(25)18(26-11)23-9-22-13-16(19)20-8-21-17(13)23/h8-12,14-15,18,24-25H,2-7H2,1H3,(H2,19,20,21)/t10-,11+,12?,14+,15+,18?/m0/s1. The maximum Gasteiger partial charge on any atom is 0.167 e. The Bertz CT molecular complexity index is 787. The molecule has 1 saturated carbocycles. The lowest BCUT2D eigenvalue weighted by molar-refractivity contribution is -0.0289. The van der Waals surface area contributed by atoms with Crippen molar-refractivity contribution in [1.29, 1.82) is 0 Å². The first kappa shape index (κ1) is 18.9. The first-order chi connectivity index (χ1) is 13.1. The normalized spacial score (nSPS) is 34.3. The number of nitrogens with two attached hydrogens (primary N) is 1. The molecule has 2 aromatic rings. The molecule has 2 aromatic heterocycles. The number of anilines is 1. The quantitative estimate of drug-likeness (QED) is 0.703. The monoisotopic (exact) mass is 393 g/mol. The van der Waals surface area contributed by atoms with Crippen LogP contribution in [0.25, 0.3) is 11.2 Å². The highest BCUT2D eigenvalue weighted by atomic mass is 32.2. The summed E-state index contributed by atoms with van der Waals surface area (Å²) in [6.07, 6.45) is 6.03. The molecule has 8 nitrogen and oxygen atoms in total. The second kappa shape index (κ2) is 7.90. The number of fused-ring (bicyclic) bond motifs is 1. The molecule has 2 fully saturated rings. The van der Waals surface area contributed by atoms with Gasteiger partial charge >= 0.3 is 0 Å². The van der Waals surface area contributed by atoms with Gasteiger partial charge in [-0.25, -0.2) is 15.0 Å². The molecule has 0 aromatic carbocycles. The van der Waals surface area contributed by atoms with Crippen LogP contribution in [0.2, 0.25) is 0 Å². The summed E-state index contributed by atoms with van der Waals surface area (Å²) < 4.78 is 7.67. The molecule has 4 N–H and O–H groups in total. The molecule has 6 atom stereocenters. The minimum absolute atomic E-state index is 0.279. The fourth-order valence-electron chi connectivity index (χ4n) is 4.23. The zero-order chi connectivity index (χ0) is 19.0. The van der Waals surface area contributed by atoms with Crippen LogP contribution >= 0.6 is 11.8 Å².